The van der Waals surface area contributed by atoms with E-state index in [2.05, 4.69) is 12.3 Å². The predicted octanol–water partition coefficient (Wildman–Crippen LogP) is -0.0806. The van der Waals surface area contributed by atoms with Gasteiger partial charge in [-0.25, -0.2) is 4.79 Å². The van der Waals surface area contributed by atoms with Gasteiger partial charge in [0, 0.05) is 5.57 Å². The second kappa shape index (κ2) is 4.51. The largest absolute Gasteiger partial charge is 0.351 e. The number of amides is 3. The molecule has 0 aromatic carbocycles. The van der Waals surface area contributed by atoms with Crippen LogP contribution in [0.5, 0.6) is 0 Å². The van der Waals surface area contributed by atoms with Crippen molar-refractivity contribution in [3.63, 3.8) is 0 Å². The molecule has 0 saturated carbocycles. The minimum Gasteiger partial charge on any atom is -0.351 e. The average Bonchev–Trinajstić information content (AvgIpc) is 1.63. The van der Waals surface area contributed by atoms with Crippen LogP contribution in [0.4, 0.5) is 4.79 Å². The van der Waals surface area contributed by atoms with Gasteiger partial charge in [-0.1, -0.05) is 6.58 Å². The molecule has 10 heavy (non-hydrogen) atoms. The number of nitrogens with two attached hydrogens (primary N) is 1. The summed E-state index contributed by atoms with van der Waals surface area (Å²) in [4.78, 5) is 20.4. The molecule has 0 atom stereocenters. The lowest BCUT2D eigenvalue weighted by atomic mass is 10.3. The van der Waals surface area contributed by atoms with E-state index in [4.69, 9.17) is 0 Å². The van der Waals surface area contributed by atoms with Crippen molar-refractivity contribution < 1.29 is 9.59 Å². The molecule has 3 amide bonds. The third kappa shape index (κ3) is 4.79. The highest BCUT2D eigenvalue weighted by Crippen LogP contribution is 1.83. The van der Waals surface area contributed by atoms with Gasteiger partial charge in [0.15, 0.2) is 0 Å². The van der Waals surface area contributed by atoms with Crippen molar-refractivity contribution in [3.05, 3.63) is 12.2 Å². The molecule has 0 saturated heterocycles. The Morgan fingerprint density at radius 2 is 1.90 bits per heavy atom. The number of hydrogen-bond acceptors (Lipinski definition) is 3. The highest BCUT2D eigenvalue weighted by molar-refractivity contribution is 6.02. The van der Waals surface area contributed by atoms with Crippen LogP contribution in [0.3, 0.4) is 0 Å². The summed E-state index contributed by atoms with van der Waals surface area (Å²) < 4.78 is 0. The lowest BCUT2D eigenvalue weighted by Gasteiger charge is -1.95. The summed E-state index contributed by atoms with van der Waals surface area (Å²) >= 11 is 0. The van der Waals surface area contributed by atoms with Gasteiger partial charge in [0.2, 0.25) is 0 Å². The Morgan fingerprint density at radius 3 is 2.00 bits per heavy atom. The van der Waals surface area contributed by atoms with E-state index in [0.717, 1.165) is 0 Å². The summed E-state index contributed by atoms with van der Waals surface area (Å²) in [6.45, 7) is 4.77. The SMILES string of the molecule is C=C(C)C(=O)NC(N)=O.N. The Kier molecular flexibility index (Phi) is 5.16. The Balaban J connectivity index is 0. The topological polar surface area (TPSA) is 107 Å². The zero-order valence-corrected chi connectivity index (χ0v) is 5.81. The standard InChI is InChI=1S/C5H8N2O2.H3N/c1-3(2)4(8)7-5(6)9;/h1H2,2H3,(H3,6,7,8,9);1H3. The maximum atomic E-state index is 10.4. The van der Waals surface area contributed by atoms with Crippen LogP contribution >= 0.6 is 0 Å². The number of carbonyl (C=O) groups excluding carboxylic acids is 2. The van der Waals surface area contributed by atoms with Crippen LogP contribution in [-0.4, -0.2) is 11.9 Å². The van der Waals surface area contributed by atoms with Gasteiger partial charge < -0.3 is 11.9 Å². The predicted molar refractivity (Wildman–Crippen MR) is 37.6 cm³/mol. The number of urea groups is 1. The van der Waals surface area contributed by atoms with Crippen molar-refractivity contribution >= 4 is 11.9 Å². The second-order valence-electron chi connectivity index (χ2n) is 1.60. The summed E-state index contributed by atoms with van der Waals surface area (Å²) in [6, 6.07) is -0.858. The molecule has 58 valence electrons. The van der Waals surface area contributed by atoms with Crippen molar-refractivity contribution in [1.29, 1.82) is 0 Å². The summed E-state index contributed by atoms with van der Waals surface area (Å²) in [5, 5.41) is 1.84. The van der Waals surface area contributed by atoms with Gasteiger partial charge in [-0.3, -0.25) is 10.1 Å². The first-order chi connectivity index (χ1) is 4.04. The first kappa shape index (κ1) is 11.4. The van der Waals surface area contributed by atoms with Crippen LogP contribution in [0.25, 0.3) is 0 Å². The van der Waals surface area contributed by atoms with Gasteiger partial charge >= 0.3 is 6.03 Å². The molecule has 0 radical (unpaired) electrons. The fraction of sp³-hybridized carbons (Fsp3) is 0.200. The van der Waals surface area contributed by atoms with E-state index in [1.165, 1.54) is 6.92 Å². The minimum atomic E-state index is -0.858. The maximum Gasteiger partial charge on any atom is 0.319 e. The maximum absolute atomic E-state index is 10.4. The van der Waals surface area contributed by atoms with Gasteiger partial charge in [-0.2, -0.15) is 0 Å². The molecule has 0 aliphatic carbocycles. The number of imide groups is 1. The number of rotatable bonds is 1. The molecule has 0 aliphatic rings. The van der Waals surface area contributed by atoms with Crippen LogP contribution in [0.2, 0.25) is 0 Å². The molecule has 0 heterocycles. The molecule has 0 spiro atoms. The van der Waals surface area contributed by atoms with Crippen LogP contribution in [0, 0.1) is 0 Å². The number of primary amides is 1. The first-order valence-corrected chi connectivity index (χ1v) is 2.30. The van der Waals surface area contributed by atoms with Crippen LogP contribution in [0.1, 0.15) is 6.92 Å². The van der Waals surface area contributed by atoms with Crippen molar-refractivity contribution in [3.8, 4) is 0 Å². The molecular weight excluding hydrogens is 134 g/mol. The summed E-state index contributed by atoms with van der Waals surface area (Å²) in [6.07, 6.45) is 0. The van der Waals surface area contributed by atoms with E-state index < -0.39 is 11.9 Å². The van der Waals surface area contributed by atoms with E-state index in [9.17, 15) is 9.59 Å². The van der Waals surface area contributed by atoms with Crippen molar-refractivity contribution in [1.82, 2.24) is 11.5 Å². The molecule has 0 bridgehead atoms. The Bertz CT molecular complexity index is 164. The normalized spacial score (nSPS) is 7.30. The van der Waals surface area contributed by atoms with E-state index in [-0.39, 0.29) is 11.7 Å². The Labute approximate surface area is 58.9 Å². The van der Waals surface area contributed by atoms with Crippen molar-refractivity contribution in [2.24, 2.45) is 5.73 Å². The Hall–Kier alpha value is -1.36. The van der Waals surface area contributed by atoms with Crippen molar-refractivity contribution in [2.45, 2.75) is 6.92 Å². The third-order valence-corrected chi connectivity index (χ3v) is 0.624. The van der Waals surface area contributed by atoms with E-state index >= 15 is 0 Å². The third-order valence-electron chi connectivity index (χ3n) is 0.624. The van der Waals surface area contributed by atoms with Gasteiger partial charge in [-0.05, 0) is 6.92 Å². The monoisotopic (exact) mass is 145 g/mol. The number of hydrogen-bond donors (Lipinski definition) is 3. The number of carbonyl (C=O) groups is 2. The second-order valence-corrected chi connectivity index (χ2v) is 1.60. The van der Waals surface area contributed by atoms with Crippen LogP contribution < -0.4 is 17.2 Å². The highest BCUT2D eigenvalue weighted by Gasteiger charge is 2.01. The van der Waals surface area contributed by atoms with E-state index in [1.807, 2.05) is 5.32 Å². The zero-order chi connectivity index (χ0) is 7.44. The van der Waals surface area contributed by atoms with Gasteiger partial charge in [0.25, 0.3) is 5.91 Å². The van der Waals surface area contributed by atoms with Gasteiger partial charge in [0.1, 0.15) is 0 Å². The molecule has 0 aromatic rings. The number of nitrogens with one attached hydrogen (secondary N) is 1. The molecule has 6 N–H and O–H groups in total. The molecule has 0 aromatic heterocycles. The first-order valence-electron chi connectivity index (χ1n) is 2.30. The lowest BCUT2D eigenvalue weighted by molar-refractivity contribution is -0.116. The molecule has 0 unspecified atom stereocenters. The highest BCUT2D eigenvalue weighted by atomic mass is 16.2. The van der Waals surface area contributed by atoms with Gasteiger partial charge in [-0.15, -0.1) is 0 Å². The molecule has 0 rings (SSSR count). The summed E-state index contributed by atoms with van der Waals surface area (Å²) in [7, 11) is 0. The lowest BCUT2D eigenvalue weighted by Crippen LogP contribution is -2.35. The minimum absolute atomic E-state index is 0. The fourth-order valence-electron chi connectivity index (χ4n) is 0.219. The van der Waals surface area contributed by atoms with Crippen LogP contribution in [-0.2, 0) is 4.79 Å². The average molecular weight is 145 g/mol. The van der Waals surface area contributed by atoms with Crippen LogP contribution in [0.15, 0.2) is 12.2 Å². The zero-order valence-electron chi connectivity index (χ0n) is 5.81. The van der Waals surface area contributed by atoms with E-state index in [0.29, 0.717) is 0 Å². The smallest absolute Gasteiger partial charge is 0.319 e. The van der Waals surface area contributed by atoms with E-state index in [1.54, 1.807) is 0 Å². The fourth-order valence-corrected chi connectivity index (χ4v) is 0.219. The molecule has 5 heteroatoms. The molecule has 5 nitrogen and oxygen atoms in total. The molecule has 0 fully saturated rings. The summed E-state index contributed by atoms with van der Waals surface area (Å²) in [5.74, 6) is -0.539. The van der Waals surface area contributed by atoms with Crippen molar-refractivity contribution in [2.75, 3.05) is 0 Å². The Morgan fingerprint density at radius 1 is 1.50 bits per heavy atom. The quantitative estimate of drug-likeness (QED) is 0.449. The van der Waals surface area contributed by atoms with Gasteiger partial charge in [0.05, 0.1) is 0 Å². The summed E-state index contributed by atoms with van der Waals surface area (Å²) in [5.41, 5.74) is 4.88. The molecular formula is C5H11N3O2. The molecule has 0 aliphatic heterocycles.